The van der Waals surface area contributed by atoms with E-state index in [0.717, 1.165) is 0 Å². The van der Waals surface area contributed by atoms with Gasteiger partial charge >= 0.3 is 0 Å². The van der Waals surface area contributed by atoms with Crippen molar-refractivity contribution in [3.8, 4) is 5.75 Å². The lowest BCUT2D eigenvalue weighted by Crippen LogP contribution is -1.97. The normalized spacial score (nSPS) is 9.83. The fourth-order valence-corrected chi connectivity index (χ4v) is 1.27. The molecule has 64 valence electrons. The molecule has 0 aromatic heterocycles. The smallest absolute Gasteiger partial charge is 0.134 e. The first kappa shape index (κ1) is 9.13. The minimum atomic E-state index is 0.0202. The summed E-state index contributed by atoms with van der Waals surface area (Å²) in [6.45, 7) is 1.49. The second-order valence-electron chi connectivity index (χ2n) is 2.65. The molecule has 2 nitrogen and oxygen atoms in total. The number of phenols is 1. The minimum absolute atomic E-state index is 0.0202. The van der Waals surface area contributed by atoms with Crippen molar-refractivity contribution in [3.05, 3.63) is 23.8 Å². The van der Waals surface area contributed by atoms with E-state index in [4.69, 9.17) is 0 Å². The third kappa shape index (κ3) is 2.01. The molecular weight excluding hydrogens is 172 g/mol. The van der Waals surface area contributed by atoms with Gasteiger partial charge in [0.1, 0.15) is 11.5 Å². The van der Waals surface area contributed by atoms with Crippen LogP contribution in [0.25, 0.3) is 0 Å². The highest BCUT2D eigenvalue weighted by Gasteiger charge is 2.06. The van der Waals surface area contributed by atoms with E-state index < -0.39 is 0 Å². The number of Topliss-reactive ketones (excluding diaryl/α,β-unsaturated/α-hetero) is 1. The van der Waals surface area contributed by atoms with Crippen molar-refractivity contribution >= 4 is 18.4 Å². The molecule has 1 aromatic carbocycles. The maximum absolute atomic E-state index is 10.8. The van der Waals surface area contributed by atoms with Gasteiger partial charge in [0.05, 0.1) is 0 Å². The van der Waals surface area contributed by atoms with E-state index in [1.165, 1.54) is 6.92 Å². The largest absolute Gasteiger partial charge is 0.508 e. The zero-order valence-corrected chi connectivity index (χ0v) is 7.64. The lowest BCUT2D eigenvalue weighted by Gasteiger charge is -2.04. The molecule has 0 fully saturated rings. The molecule has 0 aliphatic carbocycles. The van der Waals surface area contributed by atoms with Crippen LogP contribution in [0.1, 0.15) is 12.5 Å². The predicted molar refractivity (Wildman–Crippen MR) is 49.7 cm³/mol. The van der Waals surface area contributed by atoms with E-state index in [-0.39, 0.29) is 18.0 Å². The van der Waals surface area contributed by atoms with Gasteiger partial charge in [0.2, 0.25) is 0 Å². The standard InChI is InChI=1S/C9H10O2S/c1-6(10)5-7-8(11)3-2-4-9(7)12/h2-4,11-12H,5H2,1H3. The Kier molecular flexibility index (Phi) is 2.76. The Hall–Kier alpha value is -0.960. The predicted octanol–water partition coefficient (Wildman–Crippen LogP) is 1.81. The van der Waals surface area contributed by atoms with Crippen LogP contribution in [0.5, 0.6) is 5.75 Å². The van der Waals surface area contributed by atoms with E-state index in [1.54, 1.807) is 18.2 Å². The van der Waals surface area contributed by atoms with Crippen LogP contribution < -0.4 is 0 Å². The maximum Gasteiger partial charge on any atom is 0.134 e. The molecule has 0 atom stereocenters. The van der Waals surface area contributed by atoms with Crippen LogP contribution in [-0.4, -0.2) is 10.9 Å². The molecular formula is C9H10O2S. The molecule has 0 heterocycles. The summed E-state index contributed by atoms with van der Waals surface area (Å²) in [5, 5.41) is 9.34. The Bertz CT molecular complexity index is 287. The molecule has 12 heavy (non-hydrogen) atoms. The number of hydrogen-bond donors (Lipinski definition) is 2. The van der Waals surface area contributed by atoms with Crippen LogP contribution in [0, 0.1) is 0 Å². The fraction of sp³-hybridized carbons (Fsp3) is 0.222. The molecule has 0 bridgehead atoms. The van der Waals surface area contributed by atoms with Gasteiger partial charge in [-0.2, -0.15) is 0 Å². The number of rotatable bonds is 2. The average molecular weight is 182 g/mol. The van der Waals surface area contributed by atoms with Gasteiger partial charge in [-0.1, -0.05) is 6.07 Å². The molecule has 0 saturated heterocycles. The topological polar surface area (TPSA) is 37.3 Å². The summed E-state index contributed by atoms with van der Waals surface area (Å²) in [5.74, 6) is 0.157. The highest BCUT2D eigenvalue weighted by molar-refractivity contribution is 7.80. The Morgan fingerprint density at radius 3 is 2.75 bits per heavy atom. The quantitative estimate of drug-likeness (QED) is 0.684. The SMILES string of the molecule is CC(=O)Cc1c(O)cccc1S. The van der Waals surface area contributed by atoms with Crippen molar-refractivity contribution in [3.63, 3.8) is 0 Å². The van der Waals surface area contributed by atoms with Crippen molar-refractivity contribution in [1.82, 2.24) is 0 Å². The van der Waals surface area contributed by atoms with Gasteiger partial charge in [-0.3, -0.25) is 4.79 Å². The zero-order valence-electron chi connectivity index (χ0n) is 6.74. The number of aromatic hydroxyl groups is 1. The summed E-state index contributed by atoms with van der Waals surface area (Å²) in [4.78, 5) is 11.4. The van der Waals surface area contributed by atoms with Crippen LogP contribution >= 0.6 is 12.6 Å². The third-order valence-corrected chi connectivity index (χ3v) is 1.97. The number of benzene rings is 1. The van der Waals surface area contributed by atoms with Crippen LogP contribution in [0.15, 0.2) is 23.1 Å². The van der Waals surface area contributed by atoms with E-state index in [1.807, 2.05) is 0 Å². The van der Waals surface area contributed by atoms with Crippen molar-refractivity contribution in [2.75, 3.05) is 0 Å². The van der Waals surface area contributed by atoms with E-state index in [9.17, 15) is 9.90 Å². The van der Waals surface area contributed by atoms with Gasteiger partial charge in [0.15, 0.2) is 0 Å². The molecule has 3 heteroatoms. The molecule has 1 N–H and O–H groups in total. The average Bonchev–Trinajstić information content (AvgIpc) is 1.97. The second kappa shape index (κ2) is 3.63. The highest BCUT2D eigenvalue weighted by atomic mass is 32.1. The molecule has 0 spiro atoms. The number of ketones is 1. The summed E-state index contributed by atoms with van der Waals surface area (Å²) in [6.07, 6.45) is 0.242. The van der Waals surface area contributed by atoms with Crippen LogP contribution in [0.4, 0.5) is 0 Å². The monoisotopic (exact) mass is 182 g/mol. The first-order valence-electron chi connectivity index (χ1n) is 3.60. The lowest BCUT2D eigenvalue weighted by atomic mass is 10.1. The lowest BCUT2D eigenvalue weighted by molar-refractivity contribution is -0.116. The van der Waals surface area contributed by atoms with Gasteiger partial charge in [0.25, 0.3) is 0 Å². The minimum Gasteiger partial charge on any atom is -0.508 e. The highest BCUT2D eigenvalue weighted by Crippen LogP contribution is 2.24. The first-order chi connectivity index (χ1) is 5.61. The zero-order chi connectivity index (χ0) is 9.14. The van der Waals surface area contributed by atoms with Gasteiger partial charge in [-0.25, -0.2) is 0 Å². The summed E-state index contributed by atoms with van der Waals surface area (Å²) < 4.78 is 0. The molecule has 0 aliphatic heterocycles. The Morgan fingerprint density at radius 1 is 1.58 bits per heavy atom. The fourth-order valence-electron chi connectivity index (χ4n) is 0.993. The molecule has 0 aliphatic rings. The van der Waals surface area contributed by atoms with Crippen LogP contribution in [-0.2, 0) is 11.2 Å². The number of thiol groups is 1. The Balaban J connectivity index is 3.04. The van der Waals surface area contributed by atoms with Crippen LogP contribution in [0.3, 0.4) is 0 Å². The first-order valence-corrected chi connectivity index (χ1v) is 4.05. The molecule has 0 radical (unpaired) electrons. The van der Waals surface area contributed by atoms with Crippen molar-refractivity contribution in [2.24, 2.45) is 0 Å². The Labute approximate surface area is 76.6 Å². The molecule has 1 rings (SSSR count). The van der Waals surface area contributed by atoms with Crippen molar-refractivity contribution in [2.45, 2.75) is 18.2 Å². The number of carbonyl (C=O) groups is 1. The summed E-state index contributed by atoms with van der Waals surface area (Å²) in [5.41, 5.74) is 0.605. The number of hydrogen-bond acceptors (Lipinski definition) is 3. The van der Waals surface area contributed by atoms with Crippen molar-refractivity contribution in [1.29, 1.82) is 0 Å². The van der Waals surface area contributed by atoms with Gasteiger partial charge < -0.3 is 5.11 Å². The van der Waals surface area contributed by atoms with E-state index in [0.29, 0.717) is 10.5 Å². The second-order valence-corrected chi connectivity index (χ2v) is 3.14. The molecule has 1 aromatic rings. The molecule has 0 amide bonds. The number of phenolic OH excluding ortho intramolecular Hbond substituents is 1. The van der Waals surface area contributed by atoms with Gasteiger partial charge in [-0.15, -0.1) is 12.6 Å². The summed E-state index contributed by atoms with van der Waals surface area (Å²) in [7, 11) is 0. The third-order valence-electron chi connectivity index (χ3n) is 1.55. The van der Waals surface area contributed by atoms with Gasteiger partial charge in [-0.05, 0) is 19.1 Å². The van der Waals surface area contributed by atoms with Crippen LogP contribution in [0.2, 0.25) is 0 Å². The number of carbonyl (C=O) groups excluding carboxylic acids is 1. The molecule has 0 unspecified atom stereocenters. The molecule has 0 saturated carbocycles. The van der Waals surface area contributed by atoms with E-state index >= 15 is 0 Å². The van der Waals surface area contributed by atoms with Gasteiger partial charge in [0, 0.05) is 16.9 Å². The maximum atomic E-state index is 10.8. The summed E-state index contributed by atoms with van der Waals surface area (Å²) in [6, 6.07) is 5.00. The van der Waals surface area contributed by atoms with Crippen molar-refractivity contribution < 1.29 is 9.90 Å². The Morgan fingerprint density at radius 2 is 2.25 bits per heavy atom. The summed E-state index contributed by atoms with van der Waals surface area (Å²) >= 11 is 4.13. The van der Waals surface area contributed by atoms with E-state index in [2.05, 4.69) is 12.6 Å².